The second-order valence-electron chi connectivity index (χ2n) is 14.6. The number of hydrogen-bond acceptors (Lipinski definition) is 7. The predicted molar refractivity (Wildman–Crippen MR) is 192 cm³/mol. The van der Waals surface area contributed by atoms with Gasteiger partial charge >= 0.3 is 0 Å². The smallest absolute Gasteiger partial charge is 0.260 e. The van der Waals surface area contributed by atoms with Gasteiger partial charge < -0.3 is 9.84 Å². The second-order valence-corrected chi connectivity index (χ2v) is 15.4. The maximum Gasteiger partial charge on any atom is 0.260 e. The fourth-order valence-corrected chi connectivity index (χ4v) is 10.3. The van der Waals surface area contributed by atoms with Crippen molar-refractivity contribution in [3.63, 3.8) is 0 Å². The highest BCUT2D eigenvalue weighted by atomic mass is 35.5. The molecular formula is C40H39Cl2N3O6. The van der Waals surface area contributed by atoms with Gasteiger partial charge in [0.1, 0.15) is 11.5 Å². The van der Waals surface area contributed by atoms with Crippen LogP contribution < -0.4 is 10.2 Å². The Balaban J connectivity index is 1.32. The molecule has 51 heavy (non-hydrogen) atoms. The molecule has 5 aliphatic rings. The zero-order valence-corrected chi connectivity index (χ0v) is 29.9. The fraction of sp³-hybridized carbons (Fsp3) is 0.400. The van der Waals surface area contributed by atoms with Crippen LogP contribution in [0.5, 0.6) is 11.5 Å². The number of amides is 4. The van der Waals surface area contributed by atoms with E-state index in [-0.39, 0.29) is 35.0 Å². The molecule has 3 aromatic rings. The Bertz CT molecular complexity index is 1990. The number of hydrogen-bond donors (Lipinski definition) is 2. The van der Waals surface area contributed by atoms with Crippen molar-refractivity contribution in [1.82, 2.24) is 9.91 Å². The molecule has 6 atom stereocenters. The SMILES string of the molecule is COc1ccc(C23C(=O)N(Nc4ccc(Cl)cc4Cl)C(=O)C2CC2C(=CCC4C(=O)N(C5CCCCC5)C(=O)C42)C3c2ccc(O)c(C)c2)cc1. The molecule has 2 aliphatic heterocycles. The van der Waals surface area contributed by atoms with E-state index in [1.807, 2.05) is 18.2 Å². The number of anilines is 1. The Kier molecular flexibility index (Phi) is 8.42. The van der Waals surface area contributed by atoms with E-state index in [1.165, 1.54) is 6.07 Å². The molecule has 11 heteroatoms. The van der Waals surface area contributed by atoms with E-state index in [9.17, 15) is 19.5 Å². The predicted octanol–water partition coefficient (Wildman–Crippen LogP) is 7.33. The van der Waals surface area contributed by atoms with Crippen molar-refractivity contribution < 1.29 is 29.0 Å². The summed E-state index contributed by atoms with van der Waals surface area (Å²) in [5.74, 6) is -3.73. The maximum absolute atomic E-state index is 15.4. The van der Waals surface area contributed by atoms with Crippen LogP contribution in [0.25, 0.3) is 0 Å². The Labute approximate surface area is 306 Å². The molecule has 4 fully saturated rings. The van der Waals surface area contributed by atoms with Crippen molar-refractivity contribution in [2.75, 3.05) is 12.5 Å². The number of hydrazine groups is 1. The lowest BCUT2D eigenvalue weighted by Gasteiger charge is -2.50. The summed E-state index contributed by atoms with van der Waals surface area (Å²) in [5.41, 5.74) is 4.73. The molecule has 6 unspecified atom stereocenters. The largest absolute Gasteiger partial charge is 0.508 e. The van der Waals surface area contributed by atoms with Crippen molar-refractivity contribution in [3.05, 3.63) is 99.0 Å². The number of phenolic OH excluding ortho intramolecular Hbond substituents is 1. The molecule has 0 spiro atoms. The molecule has 4 amide bonds. The van der Waals surface area contributed by atoms with Gasteiger partial charge in [0, 0.05) is 17.0 Å². The number of aromatic hydroxyl groups is 1. The summed E-state index contributed by atoms with van der Waals surface area (Å²) in [7, 11) is 1.56. The normalized spacial score (nSPS) is 29.1. The van der Waals surface area contributed by atoms with E-state index in [4.69, 9.17) is 27.9 Å². The van der Waals surface area contributed by atoms with Gasteiger partial charge in [-0.2, -0.15) is 5.01 Å². The van der Waals surface area contributed by atoms with E-state index in [0.29, 0.717) is 34.0 Å². The highest BCUT2D eigenvalue weighted by Crippen LogP contribution is 2.64. The number of allylic oxidation sites excluding steroid dienone is 2. The standard InChI is InChI=1S/C40H39Cl2N3O6/c1-21-18-22(8-17-33(21)46)35-27-14-15-28-34(38(49)44(36(28)47)25-6-4-3-5-7-25)29(27)20-30-37(48)45(43-32-16-11-24(41)19-31(32)42)39(50)40(30,35)23-9-12-26(51-2)13-10-23/h8-14,16-19,25,28-30,34-35,43,46H,3-7,15,20H2,1-2H3. The number of rotatable bonds is 6. The number of imide groups is 2. The minimum Gasteiger partial charge on any atom is -0.508 e. The molecular weight excluding hydrogens is 689 g/mol. The highest BCUT2D eigenvalue weighted by Gasteiger charge is 2.70. The Morgan fingerprint density at radius 3 is 2.31 bits per heavy atom. The van der Waals surface area contributed by atoms with Gasteiger partial charge in [-0.15, -0.1) is 0 Å². The van der Waals surface area contributed by atoms with Crippen LogP contribution in [0.2, 0.25) is 10.0 Å². The molecule has 9 nitrogen and oxygen atoms in total. The fourth-order valence-electron chi connectivity index (χ4n) is 9.80. The Hall–Kier alpha value is -4.34. The average molecular weight is 729 g/mol. The molecule has 8 rings (SSSR count). The molecule has 0 aromatic heterocycles. The number of fused-ring (bicyclic) bond motifs is 4. The number of carbonyl (C=O) groups is 4. The van der Waals surface area contributed by atoms with E-state index >= 15 is 4.79 Å². The summed E-state index contributed by atoms with van der Waals surface area (Å²) in [4.78, 5) is 60.3. The lowest BCUT2D eigenvalue weighted by molar-refractivity contribution is -0.144. The van der Waals surface area contributed by atoms with Crippen LogP contribution in [0.15, 0.2) is 72.3 Å². The highest BCUT2D eigenvalue weighted by molar-refractivity contribution is 6.36. The van der Waals surface area contributed by atoms with Crippen LogP contribution in [0.4, 0.5) is 5.69 Å². The van der Waals surface area contributed by atoms with Gasteiger partial charge in [-0.3, -0.25) is 29.5 Å². The summed E-state index contributed by atoms with van der Waals surface area (Å²) < 4.78 is 5.48. The van der Waals surface area contributed by atoms with Crippen molar-refractivity contribution in [2.45, 2.75) is 69.2 Å². The van der Waals surface area contributed by atoms with Crippen molar-refractivity contribution in [2.24, 2.45) is 23.7 Å². The number of carbonyl (C=O) groups excluding carboxylic acids is 4. The van der Waals surface area contributed by atoms with Crippen LogP contribution in [0.1, 0.15) is 67.6 Å². The number of methoxy groups -OCH3 is 1. The molecule has 264 valence electrons. The minimum atomic E-state index is -1.46. The topological polar surface area (TPSA) is 116 Å². The number of nitrogens with zero attached hydrogens (tertiary/aromatic N) is 2. The number of ether oxygens (including phenoxy) is 1. The molecule has 2 saturated heterocycles. The van der Waals surface area contributed by atoms with Crippen LogP contribution in [-0.4, -0.2) is 51.8 Å². The lowest BCUT2D eigenvalue weighted by atomic mass is 9.49. The van der Waals surface area contributed by atoms with E-state index in [1.54, 1.807) is 55.3 Å². The first-order chi connectivity index (χ1) is 24.6. The summed E-state index contributed by atoms with van der Waals surface area (Å²) in [6.45, 7) is 1.79. The number of halogens is 2. The summed E-state index contributed by atoms with van der Waals surface area (Å²) >= 11 is 12.7. The van der Waals surface area contributed by atoms with Crippen LogP contribution in [-0.2, 0) is 24.6 Å². The van der Waals surface area contributed by atoms with Crippen molar-refractivity contribution in [3.8, 4) is 11.5 Å². The quantitative estimate of drug-likeness (QED) is 0.202. The Morgan fingerprint density at radius 2 is 1.63 bits per heavy atom. The van der Waals surface area contributed by atoms with Crippen molar-refractivity contribution >= 4 is 52.5 Å². The first-order valence-corrected chi connectivity index (χ1v) is 18.4. The number of likely N-dealkylation sites (tertiary alicyclic amines) is 1. The lowest BCUT2D eigenvalue weighted by Crippen LogP contribution is -2.53. The van der Waals surface area contributed by atoms with Gasteiger partial charge in [0.2, 0.25) is 11.8 Å². The zero-order chi connectivity index (χ0) is 35.8. The minimum absolute atomic E-state index is 0.105. The molecule has 3 aromatic carbocycles. The summed E-state index contributed by atoms with van der Waals surface area (Å²) in [6, 6.07) is 17.1. The van der Waals surface area contributed by atoms with Gasteiger partial charge in [-0.05, 0) is 91.6 Å². The van der Waals surface area contributed by atoms with Crippen molar-refractivity contribution in [1.29, 1.82) is 0 Å². The summed E-state index contributed by atoms with van der Waals surface area (Å²) in [6.07, 6.45) is 7.29. The van der Waals surface area contributed by atoms with Gasteiger partial charge in [-0.25, -0.2) is 0 Å². The molecule has 2 N–H and O–H groups in total. The number of aryl methyl sites for hydroxylation is 1. The monoisotopic (exact) mass is 727 g/mol. The first kappa shape index (κ1) is 33.8. The van der Waals surface area contributed by atoms with Crippen LogP contribution >= 0.6 is 23.2 Å². The number of benzene rings is 3. The Morgan fingerprint density at radius 1 is 0.882 bits per heavy atom. The third kappa shape index (κ3) is 5.10. The molecule has 2 saturated carbocycles. The molecule has 2 heterocycles. The third-order valence-corrected chi connectivity index (χ3v) is 12.7. The van der Waals surface area contributed by atoms with Crippen LogP contribution in [0.3, 0.4) is 0 Å². The first-order valence-electron chi connectivity index (χ1n) is 17.7. The maximum atomic E-state index is 15.4. The molecule has 3 aliphatic carbocycles. The molecule has 0 bridgehead atoms. The van der Waals surface area contributed by atoms with Crippen LogP contribution in [0, 0.1) is 30.6 Å². The third-order valence-electron chi connectivity index (χ3n) is 12.1. The van der Waals surface area contributed by atoms with Gasteiger partial charge in [-0.1, -0.05) is 78.4 Å². The number of nitrogens with one attached hydrogen (secondary N) is 1. The molecule has 0 radical (unpaired) electrons. The van der Waals surface area contributed by atoms with Gasteiger partial charge in [0.05, 0.1) is 41.0 Å². The summed E-state index contributed by atoms with van der Waals surface area (Å²) in [5, 5.41) is 12.3. The average Bonchev–Trinajstić information content (AvgIpc) is 3.51. The van der Waals surface area contributed by atoms with E-state index in [2.05, 4.69) is 11.5 Å². The van der Waals surface area contributed by atoms with Gasteiger partial charge in [0.25, 0.3) is 11.8 Å². The number of phenols is 1. The van der Waals surface area contributed by atoms with E-state index in [0.717, 1.165) is 48.2 Å². The zero-order valence-electron chi connectivity index (χ0n) is 28.4. The van der Waals surface area contributed by atoms with E-state index < -0.39 is 46.8 Å². The second kappa shape index (κ2) is 12.7. The van der Waals surface area contributed by atoms with Gasteiger partial charge in [0.15, 0.2) is 0 Å².